The number of nitrogens with zero attached hydrogens (tertiary/aromatic N) is 2. The van der Waals surface area contributed by atoms with Crippen LogP contribution in [-0.2, 0) is 0 Å². The lowest BCUT2D eigenvalue weighted by atomic mass is 10.2. The Morgan fingerprint density at radius 3 is 3.06 bits per heavy atom. The highest BCUT2D eigenvalue weighted by Gasteiger charge is 2.00. The number of methoxy groups -OCH3 is 1. The van der Waals surface area contributed by atoms with Crippen LogP contribution in [0.2, 0.25) is 0 Å². The van der Waals surface area contributed by atoms with Crippen molar-refractivity contribution in [3.63, 3.8) is 0 Å². The highest BCUT2D eigenvalue weighted by Crippen LogP contribution is 2.25. The van der Waals surface area contributed by atoms with Crippen LogP contribution in [0.1, 0.15) is 5.56 Å². The van der Waals surface area contributed by atoms with Gasteiger partial charge < -0.3 is 9.84 Å². The Labute approximate surface area is 96.9 Å². The average molecular weight is 234 g/mol. The van der Waals surface area contributed by atoms with Gasteiger partial charge in [-0.3, -0.25) is 0 Å². The minimum atomic E-state index is 0.119. The Balaban J connectivity index is 2.22. The lowest BCUT2D eigenvalue weighted by molar-refractivity contribution is 0.373. The highest BCUT2D eigenvalue weighted by molar-refractivity contribution is 7.13. The van der Waals surface area contributed by atoms with E-state index in [2.05, 4.69) is 9.98 Å². The molecule has 2 rings (SSSR count). The van der Waals surface area contributed by atoms with E-state index in [9.17, 15) is 5.11 Å². The lowest BCUT2D eigenvalue weighted by Gasteiger charge is -2.02. The first-order chi connectivity index (χ1) is 7.79. The minimum absolute atomic E-state index is 0.119. The molecule has 0 aliphatic rings. The van der Waals surface area contributed by atoms with Gasteiger partial charge in [-0.05, 0) is 23.8 Å². The van der Waals surface area contributed by atoms with Gasteiger partial charge >= 0.3 is 0 Å². The van der Waals surface area contributed by atoms with Gasteiger partial charge in [0.1, 0.15) is 0 Å². The number of rotatable bonds is 3. The summed E-state index contributed by atoms with van der Waals surface area (Å²) in [5.41, 5.74) is 0.852. The molecule has 2 aromatic rings. The van der Waals surface area contributed by atoms with Crippen LogP contribution in [0.5, 0.6) is 11.5 Å². The number of phenols is 1. The van der Waals surface area contributed by atoms with E-state index >= 15 is 0 Å². The molecular formula is C11H10N2O2S. The summed E-state index contributed by atoms with van der Waals surface area (Å²) < 4.78 is 5.00. The van der Waals surface area contributed by atoms with E-state index in [-0.39, 0.29) is 5.75 Å². The van der Waals surface area contributed by atoms with E-state index in [0.29, 0.717) is 10.9 Å². The molecule has 0 aliphatic carbocycles. The Hall–Kier alpha value is -1.88. The molecule has 0 bridgehead atoms. The number of benzene rings is 1. The quantitative estimate of drug-likeness (QED) is 0.830. The predicted octanol–water partition coefficient (Wildman–Crippen LogP) is 2.61. The van der Waals surface area contributed by atoms with Gasteiger partial charge in [-0.25, -0.2) is 9.98 Å². The maximum Gasteiger partial charge on any atom is 0.208 e. The molecule has 5 heteroatoms. The first kappa shape index (κ1) is 10.6. The Morgan fingerprint density at radius 2 is 2.38 bits per heavy atom. The molecule has 0 atom stereocenters. The second-order valence-corrected chi connectivity index (χ2v) is 3.88. The van der Waals surface area contributed by atoms with Crippen molar-refractivity contribution in [2.24, 2.45) is 4.99 Å². The van der Waals surface area contributed by atoms with Crippen LogP contribution in [0, 0.1) is 0 Å². The zero-order chi connectivity index (χ0) is 11.4. The topological polar surface area (TPSA) is 54.7 Å². The molecule has 0 fully saturated rings. The van der Waals surface area contributed by atoms with E-state index in [4.69, 9.17) is 4.74 Å². The third-order valence-electron chi connectivity index (χ3n) is 1.95. The van der Waals surface area contributed by atoms with E-state index < -0.39 is 0 Å². The molecule has 0 saturated carbocycles. The number of aromatic hydroxyl groups is 1. The number of ether oxygens (including phenoxy) is 1. The molecule has 1 N–H and O–H groups in total. The number of aliphatic imine (C=N–C) groups is 1. The van der Waals surface area contributed by atoms with Gasteiger partial charge in [0.05, 0.1) is 7.11 Å². The van der Waals surface area contributed by atoms with Gasteiger partial charge in [0.25, 0.3) is 0 Å². The summed E-state index contributed by atoms with van der Waals surface area (Å²) in [6.45, 7) is 0. The van der Waals surface area contributed by atoms with Crippen molar-refractivity contribution < 1.29 is 9.84 Å². The van der Waals surface area contributed by atoms with Gasteiger partial charge in [-0.1, -0.05) is 0 Å². The summed E-state index contributed by atoms with van der Waals surface area (Å²) in [4.78, 5) is 8.22. The fourth-order valence-electron chi connectivity index (χ4n) is 1.18. The summed E-state index contributed by atoms with van der Waals surface area (Å²) in [6, 6.07) is 5.05. The number of hydrogen-bond donors (Lipinski definition) is 1. The monoisotopic (exact) mass is 234 g/mol. The molecule has 1 aromatic carbocycles. The van der Waals surface area contributed by atoms with E-state index in [1.165, 1.54) is 18.4 Å². The number of aromatic nitrogens is 1. The number of thiazole rings is 1. The fraction of sp³-hybridized carbons (Fsp3) is 0.0909. The molecule has 4 nitrogen and oxygen atoms in total. The average Bonchev–Trinajstić information content (AvgIpc) is 2.81. The minimum Gasteiger partial charge on any atom is -0.504 e. The SMILES string of the molecule is COc1cc(C=Nc2nccs2)ccc1O. The van der Waals surface area contributed by atoms with Crippen LogP contribution in [0.15, 0.2) is 34.8 Å². The summed E-state index contributed by atoms with van der Waals surface area (Å²) >= 11 is 1.47. The van der Waals surface area contributed by atoms with Crippen LogP contribution in [0.3, 0.4) is 0 Å². The van der Waals surface area contributed by atoms with Crippen LogP contribution in [-0.4, -0.2) is 23.4 Å². The van der Waals surface area contributed by atoms with Crippen molar-refractivity contribution in [2.45, 2.75) is 0 Å². The van der Waals surface area contributed by atoms with Crippen LogP contribution in [0.4, 0.5) is 5.13 Å². The molecule has 0 spiro atoms. The second kappa shape index (κ2) is 4.76. The standard InChI is InChI=1S/C11H10N2O2S/c1-15-10-6-8(2-3-9(10)14)7-13-11-12-4-5-16-11/h2-7,14H,1H3. The Kier molecular flexibility index (Phi) is 3.16. The molecule has 0 aliphatic heterocycles. The fourth-order valence-corrected chi connectivity index (χ4v) is 1.66. The number of hydrogen-bond acceptors (Lipinski definition) is 5. The van der Waals surface area contributed by atoms with Gasteiger partial charge in [-0.2, -0.15) is 0 Å². The van der Waals surface area contributed by atoms with Crippen molar-refractivity contribution in [3.05, 3.63) is 35.3 Å². The third-order valence-corrected chi connectivity index (χ3v) is 2.63. The van der Waals surface area contributed by atoms with Gasteiger partial charge in [0.15, 0.2) is 11.5 Å². The molecule has 82 valence electrons. The first-order valence-corrected chi connectivity index (χ1v) is 5.48. The third kappa shape index (κ3) is 2.38. The Bertz CT molecular complexity index is 495. The van der Waals surface area contributed by atoms with Gasteiger partial charge in [-0.15, -0.1) is 11.3 Å². The largest absolute Gasteiger partial charge is 0.504 e. The van der Waals surface area contributed by atoms with E-state index in [0.717, 1.165) is 5.56 Å². The van der Waals surface area contributed by atoms with Crippen LogP contribution < -0.4 is 4.74 Å². The van der Waals surface area contributed by atoms with Crippen molar-refractivity contribution in [2.75, 3.05) is 7.11 Å². The summed E-state index contributed by atoms with van der Waals surface area (Å²) in [5.74, 6) is 0.553. The normalized spacial score (nSPS) is 10.8. The maximum absolute atomic E-state index is 9.41. The van der Waals surface area contributed by atoms with Crippen molar-refractivity contribution in [1.29, 1.82) is 0 Å². The summed E-state index contributed by atoms with van der Waals surface area (Å²) in [6.07, 6.45) is 3.38. The molecule has 1 aromatic heterocycles. The van der Waals surface area contributed by atoms with Crippen molar-refractivity contribution in [3.8, 4) is 11.5 Å². The molecular weight excluding hydrogens is 224 g/mol. The predicted molar refractivity (Wildman–Crippen MR) is 64.0 cm³/mol. The number of phenolic OH excluding ortho intramolecular Hbond substituents is 1. The summed E-state index contributed by atoms with van der Waals surface area (Å²) in [7, 11) is 1.51. The molecule has 0 radical (unpaired) electrons. The highest BCUT2D eigenvalue weighted by atomic mass is 32.1. The molecule has 0 unspecified atom stereocenters. The van der Waals surface area contributed by atoms with Crippen LogP contribution >= 0.6 is 11.3 Å². The smallest absolute Gasteiger partial charge is 0.208 e. The van der Waals surface area contributed by atoms with Crippen LogP contribution in [0.25, 0.3) is 0 Å². The van der Waals surface area contributed by atoms with Crippen molar-refractivity contribution in [1.82, 2.24) is 4.98 Å². The summed E-state index contributed by atoms with van der Waals surface area (Å²) in [5, 5.41) is 12.0. The zero-order valence-electron chi connectivity index (χ0n) is 8.62. The molecule has 0 amide bonds. The molecule has 1 heterocycles. The Morgan fingerprint density at radius 1 is 1.50 bits per heavy atom. The maximum atomic E-state index is 9.41. The zero-order valence-corrected chi connectivity index (χ0v) is 9.44. The second-order valence-electron chi connectivity index (χ2n) is 3.00. The lowest BCUT2D eigenvalue weighted by Crippen LogP contribution is -1.86. The van der Waals surface area contributed by atoms with Gasteiger partial charge in [0.2, 0.25) is 5.13 Å². The molecule has 16 heavy (non-hydrogen) atoms. The molecule has 0 saturated heterocycles. The van der Waals surface area contributed by atoms with E-state index in [1.54, 1.807) is 30.6 Å². The van der Waals surface area contributed by atoms with Gasteiger partial charge in [0, 0.05) is 17.8 Å². The van der Waals surface area contributed by atoms with E-state index in [1.807, 2.05) is 5.38 Å². The van der Waals surface area contributed by atoms with Crippen molar-refractivity contribution >= 4 is 22.7 Å². The first-order valence-electron chi connectivity index (χ1n) is 4.60.